The minimum atomic E-state index is -0.798. The molecule has 1 rings (SSSR count). The first kappa shape index (κ1) is 23.3. The summed E-state index contributed by atoms with van der Waals surface area (Å²) in [6.45, 7) is 10.4. The van der Waals surface area contributed by atoms with Crippen LogP contribution < -0.4 is 16.0 Å². The van der Waals surface area contributed by atoms with E-state index < -0.39 is 17.6 Å². The van der Waals surface area contributed by atoms with Gasteiger partial charge in [0.2, 0.25) is 5.91 Å². The van der Waals surface area contributed by atoms with Gasteiger partial charge in [0.05, 0.1) is 12.5 Å². The maximum Gasteiger partial charge on any atom is 0.315 e. The number of benzene rings is 1. The maximum absolute atomic E-state index is 12.5. The number of urea groups is 1. The van der Waals surface area contributed by atoms with E-state index in [1.165, 1.54) is 12.1 Å². The molecule has 154 valence electrons. The van der Waals surface area contributed by atoms with Gasteiger partial charge in [-0.3, -0.25) is 4.79 Å². The van der Waals surface area contributed by atoms with Crippen LogP contribution in [0, 0.1) is 16.7 Å². The Balaban J connectivity index is 2.82. The second-order valence-electron chi connectivity index (χ2n) is 8.84. The second kappa shape index (κ2) is 9.98. The van der Waals surface area contributed by atoms with Crippen molar-refractivity contribution in [1.29, 1.82) is 5.26 Å². The van der Waals surface area contributed by atoms with Crippen LogP contribution in [0.2, 0.25) is 0 Å². The van der Waals surface area contributed by atoms with E-state index >= 15 is 0 Å². The Morgan fingerprint density at radius 3 is 2.29 bits per heavy atom. The van der Waals surface area contributed by atoms with E-state index in [1.54, 1.807) is 12.1 Å². The van der Waals surface area contributed by atoms with Crippen molar-refractivity contribution in [2.75, 3.05) is 6.54 Å². The number of hydrogen-bond donors (Lipinski definition) is 4. The van der Waals surface area contributed by atoms with Gasteiger partial charge >= 0.3 is 6.03 Å². The summed E-state index contributed by atoms with van der Waals surface area (Å²) >= 11 is 0. The van der Waals surface area contributed by atoms with Crippen molar-refractivity contribution in [2.45, 2.75) is 65.5 Å². The lowest BCUT2D eigenvalue weighted by atomic mass is 9.82. The lowest BCUT2D eigenvalue weighted by Gasteiger charge is -2.33. The van der Waals surface area contributed by atoms with E-state index in [1.807, 2.05) is 19.9 Å². The molecule has 0 spiro atoms. The monoisotopic (exact) mass is 388 g/mol. The molecule has 0 bridgehead atoms. The second-order valence-corrected chi connectivity index (χ2v) is 8.84. The van der Waals surface area contributed by atoms with Crippen molar-refractivity contribution >= 4 is 11.9 Å². The van der Waals surface area contributed by atoms with Crippen LogP contribution >= 0.6 is 0 Å². The van der Waals surface area contributed by atoms with Gasteiger partial charge in [-0.25, -0.2) is 4.79 Å². The minimum absolute atomic E-state index is 0.0386. The van der Waals surface area contributed by atoms with Crippen molar-refractivity contribution in [3.63, 3.8) is 0 Å². The van der Waals surface area contributed by atoms with Crippen molar-refractivity contribution in [2.24, 2.45) is 5.41 Å². The number of hydrogen-bond acceptors (Lipinski definition) is 4. The maximum atomic E-state index is 12.5. The first-order chi connectivity index (χ1) is 12.9. The van der Waals surface area contributed by atoms with Crippen LogP contribution in [0.25, 0.3) is 0 Å². The molecule has 0 aliphatic rings. The van der Waals surface area contributed by atoms with Gasteiger partial charge in [-0.05, 0) is 43.4 Å². The molecule has 7 heteroatoms. The molecule has 0 saturated carbocycles. The zero-order chi connectivity index (χ0) is 21.4. The molecule has 0 heterocycles. The third-order valence-corrected chi connectivity index (χ3v) is 3.96. The molecular formula is C21H32N4O3. The molecule has 1 atom stereocenters. The number of nitrogens with one attached hydrogen (secondary N) is 3. The number of nitrogens with zero attached hydrogens (tertiary/aromatic N) is 1. The van der Waals surface area contributed by atoms with E-state index in [4.69, 9.17) is 5.26 Å². The Labute approximate surface area is 167 Å². The molecule has 1 aromatic carbocycles. The number of phenols is 1. The van der Waals surface area contributed by atoms with Crippen molar-refractivity contribution < 1.29 is 14.7 Å². The lowest BCUT2D eigenvalue weighted by molar-refractivity contribution is -0.122. The summed E-state index contributed by atoms with van der Waals surface area (Å²) in [7, 11) is 0. The summed E-state index contributed by atoms with van der Waals surface area (Å²) in [6.07, 6.45) is 1.23. The molecule has 1 aromatic rings. The lowest BCUT2D eigenvalue weighted by Crippen LogP contribution is -2.56. The molecule has 3 amide bonds. The van der Waals surface area contributed by atoms with Crippen molar-refractivity contribution in [3.8, 4) is 11.8 Å². The molecule has 7 nitrogen and oxygen atoms in total. The minimum Gasteiger partial charge on any atom is -0.508 e. The van der Waals surface area contributed by atoms with Crippen LogP contribution in [-0.2, 0) is 11.2 Å². The molecule has 0 saturated heterocycles. The number of amides is 3. The van der Waals surface area contributed by atoms with E-state index in [-0.39, 0.29) is 36.5 Å². The highest BCUT2D eigenvalue weighted by molar-refractivity contribution is 5.87. The molecule has 0 aliphatic heterocycles. The smallest absolute Gasteiger partial charge is 0.315 e. The zero-order valence-corrected chi connectivity index (χ0v) is 17.4. The standard InChI is InChI=1S/C21H32N4O3/c1-20(2,3)14-21(4,5)25-19(28)24-17(18(27)23-12-6-11-22)13-15-7-9-16(26)10-8-15/h7-10,17,26H,6,12-14H2,1-5H3,(H,23,27)(H2,24,25,28). The van der Waals surface area contributed by atoms with Crippen LogP contribution in [0.4, 0.5) is 4.79 Å². The summed E-state index contributed by atoms with van der Waals surface area (Å²) in [5, 5.41) is 26.4. The third-order valence-electron chi connectivity index (χ3n) is 3.96. The van der Waals surface area contributed by atoms with E-state index in [2.05, 4.69) is 36.7 Å². The van der Waals surface area contributed by atoms with Crippen LogP contribution in [0.3, 0.4) is 0 Å². The van der Waals surface area contributed by atoms with Gasteiger partial charge in [-0.15, -0.1) is 0 Å². The Kier molecular flexibility index (Phi) is 8.30. The van der Waals surface area contributed by atoms with Gasteiger partial charge in [0.15, 0.2) is 0 Å². The Bertz CT molecular complexity index is 700. The zero-order valence-electron chi connectivity index (χ0n) is 17.4. The van der Waals surface area contributed by atoms with Gasteiger partial charge in [0, 0.05) is 18.5 Å². The SMILES string of the molecule is CC(C)(C)CC(C)(C)NC(=O)NC(Cc1ccc(O)cc1)C(=O)NCCC#N. The van der Waals surface area contributed by atoms with E-state index in [0.717, 1.165) is 12.0 Å². The first-order valence-electron chi connectivity index (χ1n) is 9.43. The molecule has 0 radical (unpaired) electrons. The van der Waals surface area contributed by atoms with Crippen molar-refractivity contribution in [3.05, 3.63) is 29.8 Å². The van der Waals surface area contributed by atoms with Crippen LogP contribution in [0.1, 0.15) is 53.0 Å². The predicted octanol–water partition coefficient (Wildman–Crippen LogP) is 2.85. The summed E-state index contributed by atoms with van der Waals surface area (Å²) < 4.78 is 0. The number of carbonyl (C=O) groups is 2. The Hall–Kier alpha value is -2.75. The quantitative estimate of drug-likeness (QED) is 0.513. The Morgan fingerprint density at radius 1 is 1.14 bits per heavy atom. The average Bonchev–Trinajstić information content (AvgIpc) is 2.53. The van der Waals surface area contributed by atoms with Gasteiger partial charge < -0.3 is 21.1 Å². The molecule has 4 N–H and O–H groups in total. The van der Waals surface area contributed by atoms with Crippen molar-refractivity contribution in [1.82, 2.24) is 16.0 Å². The summed E-state index contributed by atoms with van der Waals surface area (Å²) in [4.78, 5) is 25.0. The van der Waals surface area contributed by atoms with Crippen LogP contribution in [0.15, 0.2) is 24.3 Å². The molecule has 0 aromatic heterocycles. The van der Waals surface area contributed by atoms with Gasteiger partial charge in [0.25, 0.3) is 0 Å². The number of carbonyl (C=O) groups excluding carboxylic acids is 2. The van der Waals surface area contributed by atoms with Gasteiger partial charge in [0.1, 0.15) is 11.8 Å². The highest BCUT2D eigenvalue weighted by atomic mass is 16.3. The fourth-order valence-corrected chi connectivity index (χ4v) is 3.31. The topological polar surface area (TPSA) is 114 Å². The normalized spacial score (nSPS) is 12.6. The van der Waals surface area contributed by atoms with Gasteiger partial charge in [-0.1, -0.05) is 32.9 Å². The molecule has 0 fully saturated rings. The molecule has 0 aliphatic carbocycles. The molecule has 28 heavy (non-hydrogen) atoms. The number of nitriles is 1. The summed E-state index contributed by atoms with van der Waals surface area (Å²) in [5.74, 6) is -0.222. The van der Waals surface area contributed by atoms with E-state index in [9.17, 15) is 14.7 Å². The van der Waals surface area contributed by atoms with Crippen LogP contribution in [-0.4, -0.2) is 35.2 Å². The van der Waals surface area contributed by atoms with Gasteiger partial charge in [-0.2, -0.15) is 5.26 Å². The fourth-order valence-electron chi connectivity index (χ4n) is 3.31. The highest BCUT2D eigenvalue weighted by Gasteiger charge is 2.29. The number of phenolic OH excluding ortho intramolecular Hbond substituents is 1. The summed E-state index contributed by atoms with van der Waals surface area (Å²) in [5.41, 5.74) is 0.395. The first-order valence-corrected chi connectivity index (χ1v) is 9.43. The average molecular weight is 389 g/mol. The fraction of sp³-hybridized carbons (Fsp3) is 0.571. The largest absolute Gasteiger partial charge is 0.508 e. The van der Waals surface area contributed by atoms with E-state index in [0.29, 0.717) is 0 Å². The molecule has 1 unspecified atom stereocenters. The predicted molar refractivity (Wildman–Crippen MR) is 109 cm³/mol. The summed E-state index contributed by atoms with van der Waals surface area (Å²) in [6, 6.07) is 7.22. The Morgan fingerprint density at radius 2 is 1.75 bits per heavy atom. The molecular weight excluding hydrogens is 356 g/mol. The number of aromatic hydroxyl groups is 1. The van der Waals surface area contributed by atoms with Crippen LogP contribution in [0.5, 0.6) is 5.75 Å². The third kappa shape index (κ3) is 9.26. The number of rotatable bonds is 8. The highest BCUT2D eigenvalue weighted by Crippen LogP contribution is 2.26.